The standard InChI is InChI=1S/C22H26N4O4S/c1-5-17-8-6-7-9-19(17)26(31(4,28)29)15-21(27)25(3)14-20-23-22(24-30-20)18-12-10-16(2)11-13-18/h6-13H,5,14-15H2,1-4H3. The molecule has 0 fully saturated rings. The number of nitrogens with zero attached hydrogens (tertiary/aromatic N) is 4. The fraction of sp³-hybridized carbons (Fsp3) is 0.318. The first-order valence-corrected chi connectivity index (χ1v) is 11.7. The van der Waals surface area contributed by atoms with Gasteiger partial charge in [-0.05, 0) is 25.0 Å². The number of benzene rings is 2. The molecular weight excluding hydrogens is 416 g/mol. The smallest absolute Gasteiger partial charge is 0.246 e. The van der Waals surface area contributed by atoms with Crippen LogP contribution in [0.15, 0.2) is 53.1 Å². The maximum Gasteiger partial charge on any atom is 0.246 e. The number of anilines is 1. The molecule has 0 N–H and O–H groups in total. The molecule has 1 amide bonds. The molecule has 3 aromatic rings. The second-order valence-electron chi connectivity index (χ2n) is 7.38. The van der Waals surface area contributed by atoms with Gasteiger partial charge in [0.1, 0.15) is 6.54 Å². The molecular formula is C22H26N4O4S. The molecule has 0 saturated heterocycles. The number of rotatable bonds is 8. The molecule has 1 heterocycles. The average molecular weight is 443 g/mol. The van der Waals surface area contributed by atoms with E-state index in [1.165, 1.54) is 4.90 Å². The zero-order chi connectivity index (χ0) is 22.6. The largest absolute Gasteiger partial charge is 0.337 e. The molecule has 0 aliphatic heterocycles. The van der Waals surface area contributed by atoms with Crippen LogP contribution in [0.2, 0.25) is 0 Å². The van der Waals surface area contributed by atoms with E-state index in [1.807, 2.05) is 50.2 Å². The maximum atomic E-state index is 12.8. The van der Waals surface area contributed by atoms with Crippen LogP contribution in [0.3, 0.4) is 0 Å². The van der Waals surface area contributed by atoms with Crippen LogP contribution in [0, 0.1) is 6.92 Å². The normalized spacial score (nSPS) is 11.4. The Hall–Kier alpha value is -3.20. The third-order valence-electron chi connectivity index (χ3n) is 4.90. The second kappa shape index (κ2) is 9.30. The van der Waals surface area contributed by atoms with E-state index in [9.17, 15) is 13.2 Å². The summed E-state index contributed by atoms with van der Waals surface area (Å²) in [5.74, 6) is 0.322. The van der Waals surface area contributed by atoms with E-state index in [-0.39, 0.29) is 24.9 Å². The lowest BCUT2D eigenvalue weighted by atomic mass is 10.1. The SMILES string of the molecule is CCc1ccccc1N(CC(=O)N(C)Cc1nc(-c2ccc(C)cc2)no1)S(C)(=O)=O. The van der Waals surface area contributed by atoms with Gasteiger partial charge in [0.05, 0.1) is 18.5 Å². The van der Waals surface area contributed by atoms with Gasteiger partial charge >= 0.3 is 0 Å². The molecule has 164 valence electrons. The van der Waals surface area contributed by atoms with Crippen LogP contribution < -0.4 is 4.31 Å². The van der Waals surface area contributed by atoms with Crippen LogP contribution in [0.5, 0.6) is 0 Å². The number of likely N-dealkylation sites (N-methyl/N-ethyl adjacent to an activating group) is 1. The van der Waals surface area contributed by atoms with Crippen LogP contribution in [0.25, 0.3) is 11.4 Å². The van der Waals surface area contributed by atoms with E-state index in [1.54, 1.807) is 19.2 Å². The second-order valence-corrected chi connectivity index (χ2v) is 9.29. The van der Waals surface area contributed by atoms with Crippen molar-refractivity contribution in [2.45, 2.75) is 26.8 Å². The molecule has 0 radical (unpaired) electrons. The summed E-state index contributed by atoms with van der Waals surface area (Å²) in [6.07, 6.45) is 1.74. The number of hydrogen-bond acceptors (Lipinski definition) is 6. The molecule has 2 aromatic carbocycles. The molecule has 0 aliphatic rings. The van der Waals surface area contributed by atoms with Crippen molar-refractivity contribution in [3.8, 4) is 11.4 Å². The van der Waals surface area contributed by atoms with Crippen molar-refractivity contribution in [3.63, 3.8) is 0 Å². The van der Waals surface area contributed by atoms with Crippen molar-refractivity contribution < 1.29 is 17.7 Å². The highest BCUT2D eigenvalue weighted by Crippen LogP contribution is 2.23. The Morgan fingerprint density at radius 1 is 1.10 bits per heavy atom. The van der Waals surface area contributed by atoms with Gasteiger partial charge in [0.25, 0.3) is 0 Å². The van der Waals surface area contributed by atoms with Crippen molar-refractivity contribution >= 4 is 21.6 Å². The molecule has 0 saturated carbocycles. The molecule has 1 aromatic heterocycles. The topological polar surface area (TPSA) is 96.6 Å². The van der Waals surface area contributed by atoms with Gasteiger partial charge in [-0.15, -0.1) is 0 Å². The summed E-state index contributed by atoms with van der Waals surface area (Å²) in [5, 5.41) is 3.97. The molecule has 31 heavy (non-hydrogen) atoms. The Labute approximate surface area is 182 Å². The Morgan fingerprint density at radius 2 is 1.77 bits per heavy atom. The van der Waals surface area contributed by atoms with Gasteiger partial charge < -0.3 is 9.42 Å². The summed E-state index contributed by atoms with van der Waals surface area (Å²) in [4.78, 5) is 18.5. The van der Waals surface area contributed by atoms with Crippen molar-refractivity contribution in [1.82, 2.24) is 15.0 Å². The van der Waals surface area contributed by atoms with E-state index < -0.39 is 10.0 Å². The van der Waals surface area contributed by atoms with Gasteiger partial charge in [-0.3, -0.25) is 9.10 Å². The molecule has 9 heteroatoms. The Bertz CT molecular complexity index is 1160. The fourth-order valence-electron chi connectivity index (χ4n) is 3.11. The Balaban J connectivity index is 1.74. The highest BCUT2D eigenvalue weighted by molar-refractivity contribution is 7.92. The molecule has 8 nitrogen and oxygen atoms in total. The molecule has 0 bridgehead atoms. The van der Waals surface area contributed by atoms with E-state index in [4.69, 9.17) is 4.52 Å². The third kappa shape index (κ3) is 5.49. The molecule has 0 atom stereocenters. The molecule has 0 spiro atoms. The van der Waals surface area contributed by atoms with Crippen LogP contribution in [0.4, 0.5) is 5.69 Å². The van der Waals surface area contributed by atoms with Crippen LogP contribution in [-0.4, -0.2) is 49.2 Å². The summed E-state index contributed by atoms with van der Waals surface area (Å²) in [6.45, 7) is 3.69. The van der Waals surface area contributed by atoms with Gasteiger partial charge in [-0.2, -0.15) is 4.98 Å². The quantitative estimate of drug-likeness (QED) is 0.532. The minimum absolute atomic E-state index is 0.0741. The number of sulfonamides is 1. The lowest BCUT2D eigenvalue weighted by molar-refractivity contribution is -0.129. The van der Waals surface area contributed by atoms with Crippen LogP contribution >= 0.6 is 0 Å². The van der Waals surface area contributed by atoms with Crippen molar-refractivity contribution in [3.05, 3.63) is 65.5 Å². The lowest BCUT2D eigenvalue weighted by Crippen LogP contribution is -2.41. The van der Waals surface area contributed by atoms with Crippen molar-refractivity contribution in [2.75, 3.05) is 24.2 Å². The summed E-state index contributed by atoms with van der Waals surface area (Å²) < 4.78 is 31.2. The zero-order valence-electron chi connectivity index (χ0n) is 18.1. The van der Waals surface area contributed by atoms with E-state index in [0.717, 1.165) is 27.3 Å². The number of carbonyl (C=O) groups is 1. The lowest BCUT2D eigenvalue weighted by Gasteiger charge is -2.26. The van der Waals surface area contributed by atoms with Gasteiger partial charge in [0.2, 0.25) is 27.6 Å². The summed E-state index contributed by atoms with van der Waals surface area (Å²) >= 11 is 0. The van der Waals surface area contributed by atoms with Crippen LogP contribution in [-0.2, 0) is 27.8 Å². The zero-order valence-corrected chi connectivity index (χ0v) is 18.9. The highest BCUT2D eigenvalue weighted by atomic mass is 32.2. The molecule has 0 unspecified atom stereocenters. The average Bonchev–Trinajstić information content (AvgIpc) is 3.19. The number of aryl methyl sites for hydroxylation is 2. The monoisotopic (exact) mass is 442 g/mol. The van der Waals surface area contributed by atoms with Gasteiger partial charge in [-0.25, -0.2) is 8.42 Å². The fourth-order valence-corrected chi connectivity index (χ4v) is 3.99. The number of carbonyl (C=O) groups excluding carboxylic acids is 1. The minimum atomic E-state index is -3.65. The van der Waals surface area contributed by atoms with Gasteiger partial charge in [-0.1, -0.05) is 60.1 Å². The predicted octanol–water partition coefficient (Wildman–Crippen LogP) is 3.03. The highest BCUT2D eigenvalue weighted by Gasteiger charge is 2.25. The third-order valence-corrected chi connectivity index (χ3v) is 6.02. The summed E-state index contributed by atoms with van der Waals surface area (Å²) in [5.41, 5.74) is 3.29. The number of hydrogen-bond donors (Lipinski definition) is 0. The Kier molecular flexibility index (Phi) is 6.74. The van der Waals surface area contributed by atoms with Crippen LogP contribution in [0.1, 0.15) is 23.9 Å². The molecule has 0 aliphatic carbocycles. The first-order valence-electron chi connectivity index (χ1n) is 9.88. The summed E-state index contributed by atoms with van der Waals surface area (Å²) in [7, 11) is -2.08. The Morgan fingerprint density at radius 3 is 2.42 bits per heavy atom. The molecule has 3 rings (SSSR count). The van der Waals surface area contributed by atoms with Crippen molar-refractivity contribution in [2.24, 2.45) is 0 Å². The van der Waals surface area contributed by atoms with E-state index in [0.29, 0.717) is 17.9 Å². The van der Waals surface area contributed by atoms with E-state index >= 15 is 0 Å². The minimum Gasteiger partial charge on any atom is -0.337 e. The summed E-state index contributed by atoms with van der Waals surface area (Å²) in [6, 6.07) is 14.9. The number of para-hydroxylation sites is 1. The first-order chi connectivity index (χ1) is 14.7. The predicted molar refractivity (Wildman–Crippen MR) is 119 cm³/mol. The van der Waals surface area contributed by atoms with Gasteiger partial charge in [0, 0.05) is 12.6 Å². The maximum absolute atomic E-state index is 12.8. The number of amides is 1. The van der Waals surface area contributed by atoms with Crippen molar-refractivity contribution in [1.29, 1.82) is 0 Å². The number of aromatic nitrogens is 2. The van der Waals surface area contributed by atoms with Gasteiger partial charge in [0.15, 0.2) is 0 Å². The first kappa shape index (κ1) is 22.5. The van der Waals surface area contributed by atoms with E-state index in [2.05, 4.69) is 10.1 Å².